The van der Waals surface area contributed by atoms with Crippen LogP contribution in [0.15, 0.2) is 29.2 Å². The first-order valence-electron chi connectivity index (χ1n) is 5.95. The van der Waals surface area contributed by atoms with Crippen LogP contribution < -0.4 is 5.32 Å². The molecule has 1 aliphatic heterocycles. The molecule has 19 heavy (non-hydrogen) atoms. The number of carbonyl (C=O) groups is 1. The quantitative estimate of drug-likeness (QED) is 0.527. The first-order valence-corrected chi connectivity index (χ1v) is 9.43. The van der Waals surface area contributed by atoms with Crippen LogP contribution in [-0.2, 0) is 4.79 Å². The van der Waals surface area contributed by atoms with Gasteiger partial charge in [0.2, 0.25) is 5.91 Å². The largest absolute Gasteiger partial charge is 0.348 e. The molecule has 1 fully saturated rings. The third kappa shape index (κ3) is 3.22. The summed E-state index contributed by atoms with van der Waals surface area (Å²) in [4.78, 5) is 22.5. The molecule has 0 radical (unpaired) electrons. The van der Waals surface area contributed by atoms with Crippen molar-refractivity contribution in [2.24, 2.45) is 0 Å². The number of nitro benzene ring substituents is 1. The molecule has 1 saturated heterocycles. The van der Waals surface area contributed by atoms with Gasteiger partial charge in [-0.15, -0.1) is 19.9 Å². The molecule has 2 rings (SSSR count). The molecule has 1 aliphatic rings. The lowest BCUT2D eigenvalue weighted by molar-refractivity contribution is -0.384. The predicted molar refractivity (Wildman–Crippen MR) is 79.6 cm³/mol. The standard InChI is InChI=1S/C12H16N2O3S2/c1-10(15)13-9-19(8-2-7-18-19)12-5-3-11(4-6-12)14(16)17/h3-6H,2,7-9H2,1H3,(H,13,15). The highest BCUT2D eigenvalue weighted by Gasteiger charge is 2.31. The van der Waals surface area contributed by atoms with Gasteiger partial charge in [0.25, 0.3) is 5.69 Å². The van der Waals surface area contributed by atoms with E-state index in [4.69, 9.17) is 0 Å². The molecule has 1 aromatic carbocycles. The van der Waals surface area contributed by atoms with Crippen molar-refractivity contribution in [3.05, 3.63) is 34.4 Å². The minimum absolute atomic E-state index is 0.0266. The molecular formula is C12H16N2O3S2. The van der Waals surface area contributed by atoms with Crippen LogP contribution in [0.25, 0.3) is 0 Å². The number of rotatable bonds is 4. The molecule has 1 aromatic rings. The molecule has 0 bridgehead atoms. The summed E-state index contributed by atoms with van der Waals surface area (Å²) in [5, 5.41) is 13.6. The fourth-order valence-corrected chi connectivity index (χ4v) is 8.50. The van der Waals surface area contributed by atoms with Crippen LogP contribution in [0.4, 0.5) is 5.69 Å². The Morgan fingerprint density at radius 2 is 2.16 bits per heavy atom. The fourth-order valence-electron chi connectivity index (χ4n) is 1.99. The molecule has 1 unspecified atom stereocenters. The zero-order valence-electron chi connectivity index (χ0n) is 10.6. The number of nitrogens with zero attached hydrogens (tertiary/aromatic N) is 1. The Bertz CT molecular complexity index is 484. The summed E-state index contributed by atoms with van der Waals surface area (Å²) in [6.07, 6.45) is 1.14. The van der Waals surface area contributed by atoms with Crippen LogP contribution in [0.5, 0.6) is 0 Å². The lowest BCUT2D eigenvalue weighted by atomic mass is 10.3. The Hall–Kier alpha value is -1.21. The van der Waals surface area contributed by atoms with Crippen molar-refractivity contribution in [2.45, 2.75) is 18.2 Å². The van der Waals surface area contributed by atoms with Crippen LogP contribution >= 0.6 is 19.9 Å². The number of carbonyl (C=O) groups excluding carboxylic acids is 1. The molecular weight excluding hydrogens is 284 g/mol. The lowest BCUT2D eigenvalue weighted by Crippen LogP contribution is -2.24. The van der Waals surface area contributed by atoms with Gasteiger partial charge in [-0.25, -0.2) is 0 Å². The normalized spacial score (nSPS) is 25.5. The number of amides is 1. The van der Waals surface area contributed by atoms with Gasteiger partial charge < -0.3 is 5.32 Å². The average Bonchev–Trinajstić information content (AvgIpc) is 2.86. The van der Waals surface area contributed by atoms with Crippen molar-refractivity contribution < 1.29 is 9.72 Å². The van der Waals surface area contributed by atoms with E-state index in [2.05, 4.69) is 5.32 Å². The fraction of sp³-hybridized carbons (Fsp3) is 0.417. The third-order valence-electron chi connectivity index (χ3n) is 2.96. The predicted octanol–water partition coefficient (Wildman–Crippen LogP) is 2.90. The van der Waals surface area contributed by atoms with Gasteiger partial charge >= 0.3 is 0 Å². The Labute approximate surface area is 117 Å². The minimum atomic E-state index is -1.12. The van der Waals surface area contributed by atoms with E-state index in [1.54, 1.807) is 12.1 Å². The number of nitrogens with one attached hydrogen (secondary N) is 1. The molecule has 5 nitrogen and oxygen atoms in total. The summed E-state index contributed by atoms with van der Waals surface area (Å²) in [5.41, 5.74) is 0.112. The second-order valence-electron chi connectivity index (χ2n) is 4.32. The SMILES string of the molecule is CC(=O)NCS1(c2ccc([N+](=O)[O-])cc2)CCCS1. The lowest BCUT2D eigenvalue weighted by Gasteiger charge is -2.34. The first kappa shape index (κ1) is 14.2. The summed E-state index contributed by atoms with van der Waals surface area (Å²) >= 11 is 0. The van der Waals surface area contributed by atoms with E-state index in [-0.39, 0.29) is 16.5 Å². The number of hydrogen-bond acceptors (Lipinski definition) is 4. The Morgan fingerprint density at radius 1 is 1.47 bits per heavy atom. The molecule has 1 heterocycles. The maximum absolute atomic E-state index is 11.1. The van der Waals surface area contributed by atoms with Crippen molar-refractivity contribution in [3.8, 4) is 0 Å². The first-order chi connectivity index (χ1) is 9.03. The van der Waals surface area contributed by atoms with Gasteiger partial charge in [0.15, 0.2) is 0 Å². The van der Waals surface area contributed by atoms with Gasteiger partial charge in [0.1, 0.15) is 0 Å². The molecule has 1 amide bonds. The van der Waals surface area contributed by atoms with Crippen molar-refractivity contribution in [2.75, 3.05) is 17.4 Å². The molecule has 0 aliphatic carbocycles. The second kappa shape index (κ2) is 5.83. The van der Waals surface area contributed by atoms with E-state index in [9.17, 15) is 14.9 Å². The second-order valence-corrected chi connectivity index (χ2v) is 10.4. The van der Waals surface area contributed by atoms with Crippen molar-refractivity contribution in [3.63, 3.8) is 0 Å². The van der Waals surface area contributed by atoms with Crippen molar-refractivity contribution >= 4 is 31.4 Å². The van der Waals surface area contributed by atoms with Gasteiger partial charge in [-0.2, -0.15) is 0 Å². The average molecular weight is 300 g/mol. The zero-order chi connectivity index (χ0) is 13.9. The van der Waals surface area contributed by atoms with Crippen LogP contribution in [0.3, 0.4) is 0 Å². The van der Waals surface area contributed by atoms with E-state index in [0.29, 0.717) is 5.88 Å². The number of benzene rings is 1. The molecule has 1 N–H and O–H groups in total. The number of nitro groups is 1. The van der Waals surface area contributed by atoms with Crippen molar-refractivity contribution in [1.29, 1.82) is 0 Å². The molecule has 0 spiro atoms. The van der Waals surface area contributed by atoms with Gasteiger partial charge in [-0.3, -0.25) is 14.9 Å². The van der Waals surface area contributed by atoms with E-state index >= 15 is 0 Å². The highest BCUT2D eigenvalue weighted by atomic mass is 33.2. The van der Waals surface area contributed by atoms with E-state index in [1.807, 2.05) is 22.9 Å². The summed E-state index contributed by atoms with van der Waals surface area (Å²) in [5.74, 6) is 2.79. The summed E-state index contributed by atoms with van der Waals surface area (Å²) in [6.45, 7) is 1.52. The monoisotopic (exact) mass is 300 g/mol. The van der Waals surface area contributed by atoms with E-state index in [1.165, 1.54) is 6.92 Å². The zero-order valence-corrected chi connectivity index (χ0v) is 12.3. The van der Waals surface area contributed by atoms with Gasteiger partial charge in [0.05, 0.1) is 10.8 Å². The summed E-state index contributed by atoms with van der Waals surface area (Å²) in [7, 11) is 0.783. The van der Waals surface area contributed by atoms with Gasteiger partial charge in [-0.1, -0.05) is 0 Å². The van der Waals surface area contributed by atoms with Crippen LogP contribution in [0.1, 0.15) is 13.3 Å². The Morgan fingerprint density at radius 3 is 2.63 bits per heavy atom. The van der Waals surface area contributed by atoms with Crippen molar-refractivity contribution in [1.82, 2.24) is 5.32 Å². The van der Waals surface area contributed by atoms with Gasteiger partial charge in [0, 0.05) is 29.7 Å². The highest BCUT2D eigenvalue weighted by Crippen LogP contribution is 2.69. The van der Waals surface area contributed by atoms with E-state index < -0.39 is 9.06 Å². The molecule has 1 atom stereocenters. The Kier molecular flexibility index (Phi) is 4.36. The smallest absolute Gasteiger partial charge is 0.269 e. The molecule has 0 aromatic heterocycles. The maximum Gasteiger partial charge on any atom is 0.269 e. The number of hydrogen-bond donors (Lipinski definition) is 1. The topological polar surface area (TPSA) is 72.2 Å². The van der Waals surface area contributed by atoms with Gasteiger partial charge in [-0.05, 0) is 24.3 Å². The van der Waals surface area contributed by atoms with Crippen LogP contribution in [-0.4, -0.2) is 28.2 Å². The molecule has 0 saturated carbocycles. The highest BCUT2D eigenvalue weighted by molar-refractivity contribution is 8.94. The third-order valence-corrected chi connectivity index (χ3v) is 9.84. The Balaban J connectivity index is 2.23. The van der Waals surface area contributed by atoms with Crippen LogP contribution in [0.2, 0.25) is 0 Å². The summed E-state index contributed by atoms with van der Waals surface area (Å²) < 4.78 is 0. The summed E-state index contributed by atoms with van der Waals surface area (Å²) in [6, 6.07) is 6.79. The van der Waals surface area contributed by atoms with E-state index in [0.717, 1.165) is 22.8 Å². The minimum Gasteiger partial charge on any atom is -0.348 e. The number of non-ortho nitro benzene ring substituents is 1. The molecule has 7 heteroatoms. The maximum atomic E-state index is 11.1. The van der Waals surface area contributed by atoms with Crippen LogP contribution in [0, 0.1) is 10.1 Å². The molecule has 104 valence electrons.